The highest BCUT2D eigenvalue weighted by atomic mass is 79.9. The minimum absolute atomic E-state index is 0.106. The first-order chi connectivity index (χ1) is 16.5. The molecule has 0 saturated carbocycles. The summed E-state index contributed by atoms with van der Waals surface area (Å²) in [5.74, 6) is -0.106. The van der Waals surface area contributed by atoms with Gasteiger partial charge in [-0.2, -0.15) is 0 Å². The molecule has 0 spiro atoms. The van der Waals surface area contributed by atoms with E-state index in [-0.39, 0.29) is 18.0 Å². The van der Waals surface area contributed by atoms with Crippen molar-refractivity contribution in [2.45, 2.75) is 19.0 Å². The van der Waals surface area contributed by atoms with E-state index in [1.54, 1.807) is 6.20 Å². The lowest BCUT2D eigenvalue weighted by Crippen LogP contribution is -2.30. The molecule has 3 heterocycles. The molecule has 2 aromatic carbocycles. The van der Waals surface area contributed by atoms with Crippen LogP contribution in [-0.2, 0) is 4.79 Å². The van der Waals surface area contributed by atoms with Gasteiger partial charge in [-0.3, -0.25) is 9.78 Å². The molecular formula is C26H22BrN5OS. The lowest BCUT2D eigenvalue weighted by atomic mass is 10.0. The zero-order valence-corrected chi connectivity index (χ0v) is 20.8. The second-order valence-electron chi connectivity index (χ2n) is 8.01. The van der Waals surface area contributed by atoms with Crippen LogP contribution in [0, 0.1) is 0 Å². The Morgan fingerprint density at radius 1 is 1.03 bits per heavy atom. The summed E-state index contributed by atoms with van der Waals surface area (Å²) in [5, 5.41) is 6.94. The van der Waals surface area contributed by atoms with Crippen LogP contribution in [0.4, 0.5) is 11.4 Å². The third-order valence-electron chi connectivity index (χ3n) is 5.73. The molecule has 8 heteroatoms. The number of aromatic nitrogens is 2. The summed E-state index contributed by atoms with van der Waals surface area (Å²) in [6.45, 7) is 1.50. The van der Waals surface area contributed by atoms with Gasteiger partial charge in [0.1, 0.15) is 6.04 Å². The third-order valence-corrected chi connectivity index (χ3v) is 6.54. The molecule has 4 aromatic rings. The summed E-state index contributed by atoms with van der Waals surface area (Å²) in [6.07, 6.45) is 3.86. The van der Waals surface area contributed by atoms with Gasteiger partial charge in [-0.15, -0.1) is 0 Å². The van der Waals surface area contributed by atoms with E-state index in [1.165, 1.54) is 6.92 Å². The molecule has 1 aliphatic rings. The molecule has 5 rings (SSSR count). The van der Waals surface area contributed by atoms with Crippen LogP contribution in [0.1, 0.15) is 30.4 Å². The van der Waals surface area contributed by atoms with Gasteiger partial charge in [0.15, 0.2) is 5.11 Å². The zero-order valence-electron chi connectivity index (χ0n) is 18.4. The number of benzene rings is 2. The fraction of sp³-hybridized carbons (Fsp3) is 0.115. The number of thiocarbonyl (C=S) groups is 1. The van der Waals surface area contributed by atoms with Crippen molar-refractivity contribution in [3.63, 3.8) is 0 Å². The normalized spacial score (nSPS) is 17.5. The number of hydrogen-bond donors (Lipinski definition) is 2. The molecule has 2 N–H and O–H groups in total. The Morgan fingerprint density at radius 2 is 1.85 bits per heavy atom. The van der Waals surface area contributed by atoms with Crippen molar-refractivity contribution in [3.05, 3.63) is 107 Å². The van der Waals surface area contributed by atoms with E-state index in [0.717, 1.165) is 32.9 Å². The molecule has 1 fully saturated rings. The summed E-state index contributed by atoms with van der Waals surface area (Å²) in [7, 11) is 0. The number of rotatable bonds is 5. The minimum Gasteiger partial charge on any atom is -0.351 e. The number of nitrogens with one attached hydrogen (secondary N) is 2. The van der Waals surface area contributed by atoms with Crippen molar-refractivity contribution >= 4 is 50.5 Å². The highest BCUT2D eigenvalue weighted by Gasteiger charge is 2.42. The first-order valence-corrected chi connectivity index (χ1v) is 12.0. The van der Waals surface area contributed by atoms with Gasteiger partial charge >= 0.3 is 0 Å². The van der Waals surface area contributed by atoms with Gasteiger partial charge in [0.25, 0.3) is 0 Å². The molecule has 1 amide bonds. The van der Waals surface area contributed by atoms with E-state index < -0.39 is 0 Å². The molecule has 34 heavy (non-hydrogen) atoms. The van der Waals surface area contributed by atoms with Crippen LogP contribution in [0.15, 0.2) is 95.7 Å². The summed E-state index contributed by atoms with van der Waals surface area (Å²) in [4.78, 5) is 18.2. The van der Waals surface area contributed by atoms with Gasteiger partial charge in [0.05, 0.1) is 11.7 Å². The van der Waals surface area contributed by atoms with Gasteiger partial charge in [-0.1, -0.05) is 28.1 Å². The van der Waals surface area contributed by atoms with Gasteiger partial charge < -0.3 is 20.1 Å². The number of pyridine rings is 1. The van der Waals surface area contributed by atoms with Crippen LogP contribution in [-0.4, -0.2) is 20.6 Å². The minimum atomic E-state index is -0.150. The molecule has 6 nitrogen and oxygen atoms in total. The average molecular weight is 532 g/mol. The van der Waals surface area contributed by atoms with Crippen LogP contribution in [0.2, 0.25) is 0 Å². The summed E-state index contributed by atoms with van der Waals surface area (Å²) in [6, 6.07) is 25.7. The molecule has 2 atom stereocenters. The Morgan fingerprint density at radius 3 is 2.56 bits per heavy atom. The lowest BCUT2D eigenvalue weighted by molar-refractivity contribution is -0.114. The first-order valence-electron chi connectivity index (χ1n) is 10.8. The maximum absolute atomic E-state index is 11.4. The predicted molar refractivity (Wildman–Crippen MR) is 142 cm³/mol. The second-order valence-corrected chi connectivity index (χ2v) is 9.31. The molecular weight excluding hydrogens is 510 g/mol. The first kappa shape index (κ1) is 22.3. The zero-order chi connectivity index (χ0) is 23.7. The SMILES string of the molecule is CC(=O)Nc1ccc(N2C(=S)NC(c3ccccn3)C2c2cccn2-c2cccc(Br)c2)cc1. The van der Waals surface area contributed by atoms with Crippen molar-refractivity contribution in [3.8, 4) is 5.69 Å². The molecule has 2 aromatic heterocycles. The number of carbonyl (C=O) groups is 1. The topological polar surface area (TPSA) is 62.2 Å². The number of anilines is 2. The Kier molecular flexibility index (Phi) is 6.17. The molecule has 0 bridgehead atoms. The number of carbonyl (C=O) groups excluding carboxylic acids is 1. The Balaban J connectivity index is 1.62. The quantitative estimate of drug-likeness (QED) is 0.320. The standard InChI is InChI=1S/C26H22BrN5OS/c1-17(33)29-19-10-12-20(13-11-19)32-25(24(30-26(32)34)22-8-2-3-14-28-22)23-9-5-15-31(23)21-7-4-6-18(27)16-21/h2-16,24-25H,1H3,(H,29,33)(H,30,34). The molecule has 0 radical (unpaired) electrons. The van der Waals surface area contributed by atoms with Gasteiger partial charge in [-0.05, 0) is 78.9 Å². The van der Waals surface area contributed by atoms with Crippen LogP contribution in [0.3, 0.4) is 0 Å². The van der Waals surface area contributed by atoms with Gasteiger partial charge in [0, 0.05) is 46.5 Å². The molecule has 1 aliphatic heterocycles. The van der Waals surface area contributed by atoms with E-state index in [4.69, 9.17) is 12.2 Å². The summed E-state index contributed by atoms with van der Waals surface area (Å²) >= 11 is 9.42. The Labute approximate surface area is 211 Å². The van der Waals surface area contributed by atoms with Crippen molar-refractivity contribution in [1.82, 2.24) is 14.9 Å². The number of amides is 1. The fourth-order valence-corrected chi connectivity index (χ4v) is 5.07. The fourth-order valence-electron chi connectivity index (χ4n) is 4.34. The number of hydrogen-bond acceptors (Lipinski definition) is 3. The van der Waals surface area contributed by atoms with Crippen LogP contribution >= 0.6 is 28.1 Å². The van der Waals surface area contributed by atoms with E-state index in [1.807, 2.05) is 60.7 Å². The van der Waals surface area contributed by atoms with Crippen LogP contribution in [0.5, 0.6) is 0 Å². The van der Waals surface area contributed by atoms with E-state index >= 15 is 0 Å². The van der Waals surface area contributed by atoms with Crippen LogP contribution in [0.25, 0.3) is 5.69 Å². The summed E-state index contributed by atoms with van der Waals surface area (Å²) < 4.78 is 3.19. The Hall–Kier alpha value is -3.49. The maximum Gasteiger partial charge on any atom is 0.221 e. The average Bonchev–Trinajstić information content (AvgIpc) is 3.44. The van der Waals surface area contributed by atoms with Crippen molar-refractivity contribution < 1.29 is 4.79 Å². The molecule has 170 valence electrons. The van der Waals surface area contributed by atoms with E-state index in [2.05, 4.69) is 65.4 Å². The Bertz CT molecular complexity index is 1340. The largest absolute Gasteiger partial charge is 0.351 e. The highest BCUT2D eigenvalue weighted by molar-refractivity contribution is 9.10. The maximum atomic E-state index is 11.4. The van der Waals surface area contributed by atoms with Gasteiger partial charge in [-0.25, -0.2) is 0 Å². The molecule has 1 saturated heterocycles. The van der Waals surface area contributed by atoms with Gasteiger partial charge in [0.2, 0.25) is 5.91 Å². The van der Waals surface area contributed by atoms with Crippen molar-refractivity contribution in [1.29, 1.82) is 0 Å². The number of nitrogens with zero attached hydrogens (tertiary/aromatic N) is 3. The van der Waals surface area contributed by atoms with Crippen molar-refractivity contribution in [2.24, 2.45) is 0 Å². The lowest BCUT2D eigenvalue weighted by Gasteiger charge is -2.29. The van der Waals surface area contributed by atoms with Crippen LogP contribution < -0.4 is 15.5 Å². The monoisotopic (exact) mass is 531 g/mol. The van der Waals surface area contributed by atoms with E-state index in [0.29, 0.717) is 5.11 Å². The summed E-state index contributed by atoms with van der Waals surface area (Å²) in [5.41, 5.74) is 4.70. The molecule has 2 unspecified atom stereocenters. The predicted octanol–water partition coefficient (Wildman–Crippen LogP) is 5.77. The molecule has 0 aliphatic carbocycles. The third kappa shape index (κ3) is 4.34. The highest BCUT2D eigenvalue weighted by Crippen LogP contribution is 2.42. The second kappa shape index (κ2) is 9.40. The number of halogens is 1. The van der Waals surface area contributed by atoms with E-state index in [9.17, 15) is 4.79 Å². The smallest absolute Gasteiger partial charge is 0.221 e. The van der Waals surface area contributed by atoms with Crippen molar-refractivity contribution in [2.75, 3.05) is 10.2 Å².